The number of rotatable bonds is 5. The fourth-order valence-corrected chi connectivity index (χ4v) is 2.02. The van der Waals surface area contributed by atoms with E-state index in [1.54, 1.807) is 0 Å². The molecule has 1 aliphatic rings. The first-order valence-corrected chi connectivity index (χ1v) is 5.74. The summed E-state index contributed by atoms with van der Waals surface area (Å²) < 4.78 is 4.27. The van der Waals surface area contributed by atoms with Crippen LogP contribution >= 0.6 is 23.1 Å². The molecular formula is C8H10ClN3O2S. The Labute approximate surface area is 95.8 Å². The van der Waals surface area contributed by atoms with Crippen LogP contribution in [0.1, 0.15) is 18.5 Å². The number of aromatic nitrogens is 2. The minimum absolute atomic E-state index is 0.0402. The summed E-state index contributed by atoms with van der Waals surface area (Å²) in [7, 11) is 0. The van der Waals surface area contributed by atoms with Gasteiger partial charge in [0.15, 0.2) is 0 Å². The van der Waals surface area contributed by atoms with E-state index in [9.17, 15) is 4.79 Å². The number of aliphatic carboxylic acids is 1. The topological polar surface area (TPSA) is 66.3 Å². The maximum Gasteiger partial charge on any atom is 0.317 e. The van der Waals surface area contributed by atoms with E-state index in [4.69, 9.17) is 16.7 Å². The molecular weight excluding hydrogens is 238 g/mol. The average molecular weight is 248 g/mol. The van der Waals surface area contributed by atoms with Gasteiger partial charge in [-0.2, -0.15) is 0 Å². The SMILES string of the molecule is O=C(O)CN(Cc1nnsc1Cl)C1CC1. The molecule has 0 aromatic carbocycles. The lowest BCUT2D eigenvalue weighted by Crippen LogP contribution is -2.31. The fraction of sp³-hybridized carbons (Fsp3) is 0.625. The van der Waals surface area contributed by atoms with Crippen LogP contribution in [0.4, 0.5) is 0 Å². The van der Waals surface area contributed by atoms with E-state index in [0.717, 1.165) is 24.4 Å². The Hall–Kier alpha value is -0.720. The smallest absolute Gasteiger partial charge is 0.317 e. The van der Waals surface area contributed by atoms with Crippen LogP contribution in [-0.2, 0) is 11.3 Å². The van der Waals surface area contributed by atoms with Crippen molar-refractivity contribution in [2.75, 3.05) is 6.54 Å². The van der Waals surface area contributed by atoms with Crippen molar-refractivity contribution in [3.63, 3.8) is 0 Å². The van der Waals surface area contributed by atoms with Gasteiger partial charge in [-0.25, -0.2) is 0 Å². The first-order chi connectivity index (χ1) is 7.16. The quantitative estimate of drug-likeness (QED) is 0.848. The van der Waals surface area contributed by atoms with Gasteiger partial charge >= 0.3 is 5.97 Å². The molecule has 5 nitrogen and oxygen atoms in total. The van der Waals surface area contributed by atoms with Gasteiger partial charge in [-0.1, -0.05) is 16.1 Å². The highest BCUT2D eigenvalue weighted by molar-refractivity contribution is 7.10. The van der Waals surface area contributed by atoms with Crippen LogP contribution in [0.2, 0.25) is 4.34 Å². The minimum Gasteiger partial charge on any atom is -0.480 e. The molecule has 0 radical (unpaired) electrons. The van der Waals surface area contributed by atoms with E-state index in [1.807, 2.05) is 4.90 Å². The lowest BCUT2D eigenvalue weighted by Gasteiger charge is -2.17. The van der Waals surface area contributed by atoms with Gasteiger partial charge in [0.25, 0.3) is 0 Å². The number of carboxylic acid groups (broad SMARTS) is 1. The first-order valence-electron chi connectivity index (χ1n) is 4.59. The van der Waals surface area contributed by atoms with Gasteiger partial charge in [-0.15, -0.1) is 5.10 Å². The summed E-state index contributed by atoms with van der Waals surface area (Å²) in [5.41, 5.74) is 0.676. The Balaban J connectivity index is 2.00. The summed E-state index contributed by atoms with van der Waals surface area (Å²) in [5.74, 6) is -0.818. The van der Waals surface area contributed by atoms with Crippen LogP contribution in [0, 0.1) is 0 Å². The summed E-state index contributed by atoms with van der Waals surface area (Å²) in [6, 6.07) is 0.374. The van der Waals surface area contributed by atoms with Crippen molar-refractivity contribution in [1.82, 2.24) is 14.5 Å². The Kier molecular flexibility index (Phi) is 3.18. The van der Waals surface area contributed by atoms with Gasteiger partial charge in [0, 0.05) is 24.1 Å². The van der Waals surface area contributed by atoms with E-state index in [2.05, 4.69) is 9.59 Å². The van der Waals surface area contributed by atoms with Crippen LogP contribution in [0.25, 0.3) is 0 Å². The molecule has 15 heavy (non-hydrogen) atoms. The molecule has 0 saturated heterocycles. The molecule has 1 N–H and O–H groups in total. The summed E-state index contributed by atoms with van der Waals surface area (Å²) in [5, 5.41) is 12.6. The Morgan fingerprint density at radius 2 is 2.40 bits per heavy atom. The normalized spacial score (nSPS) is 15.9. The third kappa shape index (κ3) is 2.87. The van der Waals surface area contributed by atoms with Gasteiger partial charge < -0.3 is 5.11 Å². The average Bonchev–Trinajstić information content (AvgIpc) is 2.92. The van der Waals surface area contributed by atoms with Gasteiger partial charge in [-0.3, -0.25) is 9.69 Å². The van der Waals surface area contributed by atoms with Crippen LogP contribution in [0.3, 0.4) is 0 Å². The molecule has 7 heteroatoms. The standard InChI is InChI=1S/C8H10ClN3O2S/c9-8-6(10-11-15-8)3-12(4-7(13)14)5-1-2-5/h5H,1-4H2,(H,13,14). The predicted molar refractivity (Wildman–Crippen MR) is 56.0 cm³/mol. The van der Waals surface area contributed by atoms with Crippen LogP contribution in [-0.4, -0.2) is 38.1 Å². The third-order valence-electron chi connectivity index (χ3n) is 2.26. The van der Waals surface area contributed by atoms with Crippen molar-refractivity contribution in [3.8, 4) is 0 Å². The summed E-state index contributed by atoms with van der Waals surface area (Å²) in [6.45, 7) is 0.519. The number of hydrogen-bond acceptors (Lipinski definition) is 5. The highest BCUT2D eigenvalue weighted by atomic mass is 35.5. The number of carbonyl (C=O) groups is 1. The van der Waals surface area contributed by atoms with Crippen molar-refractivity contribution in [2.24, 2.45) is 0 Å². The molecule has 0 bridgehead atoms. The number of nitrogens with zero attached hydrogens (tertiary/aromatic N) is 3. The lowest BCUT2D eigenvalue weighted by atomic mass is 10.4. The monoisotopic (exact) mass is 247 g/mol. The molecule has 82 valence electrons. The second kappa shape index (κ2) is 4.42. The van der Waals surface area contributed by atoms with E-state index >= 15 is 0 Å². The molecule has 1 aromatic rings. The number of carboxylic acids is 1. The number of hydrogen-bond donors (Lipinski definition) is 1. The maximum atomic E-state index is 10.6. The van der Waals surface area contributed by atoms with Gasteiger partial charge in [0.1, 0.15) is 10.0 Å². The van der Waals surface area contributed by atoms with E-state index in [-0.39, 0.29) is 6.54 Å². The van der Waals surface area contributed by atoms with E-state index in [0.29, 0.717) is 22.6 Å². The second-order valence-corrected chi connectivity index (χ2v) is 4.88. The van der Waals surface area contributed by atoms with E-state index in [1.165, 1.54) is 0 Å². The Bertz CT molecular complexity index is 367. The second-order valence-electron chi connectivity index (χ2n) is 3.52. The summed E-state index contributed by atoms with van der Waals surface area (Å²) >= 11 is 6.99. The third-order valence-corrected chi connectivity index (χ3v) is 3.25. The van der Waals surface area contributed by atoms with Crippen LogP contribution < -0.4 is 0 Å². The summed E-state index contributed by atoms with van der Waals surface area (Å²) in [6.07, 6.45) is 2.12. The van der Waals surface area contributed by atoms with Gasteiger partial charge in [-0.05, 0) is 12.8 Å². The van der Waals surface area contributed by atoms with Gasteiger partial charge in [0.2, 0.25) is 0 Å². The molecule has 2 rings (SSSR count). The van der Waals surface area contributed by atoms with Crippen LogP contribution in [0.5, 0.6) is 0 Å². The fourth-order valence-electron chi connectivity index (χ4n) is 1.41. The molecule has 1 aliphatic carbocycles. The minimum atomic E-state index is -0.818. The lowest BCUT2D eigenvalue weighted by molar-refractivity contribution is -0.138. The van der Waals surface area contributed by atoms with E-state index < -0.39 is 5.97 Å². The zero-order valence-corrected chi connectivity index (χ0v) is 9.46. The summed E-state index contributed by atoms with van der Waals surface area (Å²) in [4.78, 5) is 12.5. The molecule has 0 amide bonds. The molecule has 0 unspecified atom stereocenters. The Morgan fingerprint density at radius 3 is 2.87 bits per heavy atom. The first kappa shape index (κ1) is 10.8. The zero-order chi connectivity index (χ0) is 10.8. The highest BCUT2D eigenvalue weighted by Gasteiger charge is 2.31. The predicted octanol–water partition coefficient (Wildman–Crippen LogP) is 1.24. The molecule has 1 saturated carbocycles. The van der Waals surface area contributed by atoms with Crippen molar-refractivity contribution >= 4 is 29.1 Å². The highest BCUT2D eigenvalue weighted by Crippen LogP contribution is 2.29. The number of halogens is 1. The molecule has 0 atom stereocenters. The Morgan fingerprint density at radius 1 is 1.67 bits per heavy atom. The molecule has 1 fully saturated rings. The van der Waals surface area contributed by atoms with Crippen LogP contribution in [0.15, 0.2) is 0 Å². The molecule has 1 heterocycles. The molecule has 0 aliphatic heterocycles. The molecule has 0 spiro atoms. The maximum absolute atomic E-state index is 10.6. The van der Waals surface area contributed by atoms with Crippen molar-refractivity contribution in [2.45, 2.75) is 25.4 Å². The van der Waals surface area contributed by atoms with Crippen molar-refractivity contribution in [1.29, 1.82) is 0 Å². The molecule has 1 aromatic heterocycles. The largest absolute Gasteiger partial charge is 0.480 e. The van der Waals surface area contributed by atoms with Gasteiger partial charge in [0.05, 0.1) is 6.54 Å². The zero-order valence-electron chi connectivity index (χ0n) is 7.89. The van der Waals surface area contributed by atoms with Crippen molar-refractivity contribution in [3.05, 3.63) is 10.0 Å². The van der Waals surface area contributed by atoms with Crippen molar-refractivity contribution < 1.29 is 9.90 Å².